The van der Waals surface area contributed by atoms with E-state index in [1.54, 1.807) is 0 Å². The Morgan fingerprint density at radius 2 is 2.00 bits per heavy atom. The summed E-state index contributed by atoms with van der Waals surface area (Å²) in [5.41, 5.74) is 2.88. The third kappa shape index (κ3) is 2.57. The number of nitriles is 1. The molecule has 20 heavy (non-hydrogen) atoms. The van der Waals surface area contributed by atoms with E-state index in [2.05, 4.69) is 30.9 Å². The molecular formula is C16H18ClN3. The van der Waals surface area contributed by atoms with E-state index in [1.165, 1.54) is 0 Å². The van der Waals surface area contributed by atoms with E-state index in [4.69, 9.17) is 21.8 Å². The number of fused-ring (bicyclic) bond motifs is 1. The fraction of sp³-hybridized carbons (Fsp3) is 0.375. The molecule has 1 aromatic heterocycles. The molecule has 104 valence electrons. The summed E-state index contributed by atoms with van der Waals surface area (Å²) >= 11 is 6.18. The number of hydrogen-bond acceptors (Lipinski definition) is 3. The first kappa shape index (κ1) is 14.6. The number of pyridine rings is 1. The van der Waals surface area contributed by atoms with Crippen molar-refractivity contribution >= 4 is 28.3 Å². The van der Waals surface area contributed by atoms with Gasteiger partial charge >= 0.3 is 0 Å². The van der Waals surface area contributed by atoms with Crippen LogP contribution in [-0.4, -0.2) is 18.1 Å². The van der Waals surface area contributed by atoms with E-state index in [1.807, 2.05) is 19.1 Å². The van der Waals surface area contributed by atoms with Crippen molar-refractivity contribution in [2.45, 2.75) is 27.2 Å². The summed E-state index contributed by atoms with van der Waals surface area (Å²) in [6, 6.07) is 8.13. The van der Waals surface area contributed by atoms with Crippen LogP contribution in [0.1, 0.15) is 25.0 Å². The van der Waals surface area contributed by atoms with Gasteiger partial charge in [0.2, 0.25) is 0 Å². The standard InChI is InChI=1S/C16H18ClN3/c1-4-20(5-2)16-13(8-9-18)10-12-6-7-14(17)11(3)15(12)19-16/h6-7,10H,4-5,8H2,1-3H3. The molecule has 0 saturated carbocycles. The molecule has 1 aromatic carbocycles. The highest BCUT2D eigenvalue weighted by molar-refractivity contribution is 6.32. The molecule has 0 saturated heterocycles. The van der Waals surface area contributed by atoms with Crippen molar-refractivity contribution in [1.29, 1.82) is 5.26 Å². The zero-order valence-electron chi connectivity index (χ0n) is 12.1. The zero-order valence-corrected chi connectivity index (χ0v) is 12.8. The Balaban J connectivity index is 2.73. The summed E-state index contributed by atoms with van der Waals surface area (Å²) in [6.45, 7) is 7.90. The quantitative estimate of drug-likeness (QED) is 0.849. The van der Waals surface area contributed by atoms with Crippen molar-refractivity contribution in [2.75, 3.05) is 18.0 Å². The van der Waals surface area contributed by atoms with Gasteiger partial charge in [-0.05, 0) is 38.5 Å². The van der Waals surface area contributed by atoms with Crippen LogP contribution < -0.4 is 4.90 Å². The van der Waals surface area contributed by atoms with Crippen LogP contribution in [0.15, 0.2) is 18.2 Å². The summed E-state index contributed by atoms with van der Waals surface area (Å²) < 4.78 is 0. The van der Waals surface area contributed by atoms with Gasteiger partial charge in [0.05, 0.1) is 18.0 Å². The van der Waals surface area contributed by atoms with Crippen molar-refractivity contribution < 1.29 is 0 Å². The monoisotopic (exact) mass is 287 g/mol. The molecule has 0 N–H and O–H groups in total. The average molecular weight is 288 g/mol. The van der Waals surface area contributed by atoms with Crippen LogP contribution in [0.4, 0.5) is 5.82 Å². The lowest BCUT2D eigenvalue weighted by atomic mass is 10.1. The van der Waals surface area contributed by atoms with Crippen LogP contribution in [-0.2, 0) is 6.42 Å². The predicted molar refractivity (Wildman–Crippen MR) is 84.4 cm³/mol. The molecule has 0 aliphatic heterocycles. The Morgan fingerprint density at radius 1 is 1.30 bits per heavy atom. The molecular weight excluding hydrogens is 270 g/mol. The Bertz CT molecular complexity index is 669. The van der Waals surface area contributed by atoms with Crippen LogP contribution in [0, 0.1) is 18.3 Å². The molecule has 3 nitrogen and oxygen atoms in total. The third-order valence-corrected chi connectivity index (χ3v) is 3.97. The first-order chi connectivity index (χ1) is 9.62. The number of hydrogen-bond donors (Lipinski definition) is 0. The van der Waals surface area contributed by atoms with Crippen LogP contribution in [0.3, 0.4) is 0 Å². The van der Waals surface area contributed by atoms with Crippen LogP contribution >= 0.6 is 11.6 Å². The second-order valence-corrected chi connectivity index (χ2v) is 5.13. The van der Waals surface area contributed by atoms with Gasteiger partial charge in [-0.1, -0.05) is 17.7 Å². The molecule has 0 bridgehead atoms. The second-order valence-electron chi connectivity index (χ2n) is 4.72. The van der Waals surface area contributed by atoms with Gasteiger partial charge in [0, 0.05) is 29.1 Å². The molecule has 0 aliphatic rings. The number of aryl methyl sites for hydroxylation is 1. The minimum Gasteiger partial charge on any atom is -0.357 e. The normalized spacial score (nSPS) is 10.6. The van der Waals surface area contributed by atoms with Crippen LogP contribution in [0.25, 0.3) is 10.9 Å². The number of anilines is 1. The number of nitrogens with zero attached hydrogens (tertiary/aromatic N) is 3. The fourth-order valence-corrected chi connectivity index (χ4v) is 2.56. The SMILES string of the molecule is CCN(CC)c1nc2c(C)c(Cl)ccc2cc1CC#N. The molecule has 4 heteroatoms. The largest absolute Gasteiger partial charge is 0.357 e. The van der Waals surface area contributed by atoms with Crippen molar-refractivity contribution in [2.24, 2.45) is 0 Å². The number of aromatic nitrogens is 1. The minimum atomic E-state index is 0.371. The van der Waals surface area contributed by atoms with Gasteiger partial charge < -0.3 is 4.90 Å². The van der Waals surface area contributed by atoms with Gasteiger partial charge in [-0.3, -0.25) is 0 Å². The molecule has 1 heterocycles. The Kier molecular flexibility index (Phi) is 4.46. The number of halogens is 1. The Labute approximate surface area is 124 Å². The molecule has 0 atom stereocenters. The highest BCUT2D eigenvalue weighted by Gasteiger charge is 2.13. The highest BCUT2D eigenvalue weighted by atomic mass is 35.5. The first-order valence-corrected chi connectivity index (χ1v) is 7.20. The smallest absolute Gasteiger partial charge is 0.133 e. The summed E-state index contributed by atoms with van der Waals surface area (Å²) in [7, 11) is 0. The lowest BCUT2D eigenvalue weighted by Gasteiger charge is -2.23. The van der Waals surface area contributed by atoms with E-state index in [-0.39, 0.29) is 0 Å². The van der Waals surface area contributed by atoms with Crippen molar-refractivity contribution in [3.05, 3.63) is 34.3 Å². The topological polar surface area (TPSA) is 39.9 Å². The summed E-state index contributed by atoms with van der Waals surface area (Å²) in [6.07, 6.45) is 0.371. The van der Waals surface area contributed by atoms with Gasteiger partial charge in [-0.2, -0.15) is 5.26 Å². The molecule has 0 amide bonds. The third-order valence-electron chi connectivity index (χ3n) is 3.56. The van der Waals surface area contributed by atoms with Gasteiger partial charge in [0.25, 0.3) is 0 Å². The van der Waals surface area contributed by atoms with Crippen LogP contribution in [0.5, 0.6) is 0 Å². The van der Waals surface area contributed by atoms with Crippen molar-refractivity contribution in [3.63, 3.8) is 0 Å². The minimum absolute atomic E-state index is 0.371. The van der Waals surface area contributed by atoms with Crippen molar-refractivity contribution in [1.82, 2.24) is 4.98 Å². The van der Waals surface area contributed by atoms with E-state index < -0.39 is 0 Å². The van der Waals surface area contributed by atoms with Crippen molar-refractivity contribution in [3.8, 4) is 6.07 Å². The van der Waals surface area contributed by atoms with Gasteiger partial charge in [-0.25, -0.2) is 4.98 Å². The Morgan fingerprint density at radius 3 is 2.60 bits per heavy atom. The molecule has 2 rings (SSSR count). The fourth-order valence-electron chi connectivity index (χ4n) is 2.40. The van der Waals surface area contributed by atoms with E-state index in [0.29, 0.717) is 6.42 Å². The molecule has 0 radical (unpaired) electrons. The summed E-state index contributed by atoms with van der Waals surface area (Å²) in [5.74, 6) is 0.898. The maximum absolute atomic E-state index is 9.02. The summed E-state index contributed by atoms with van der Waals surface area (Å²) in [4.78, 5) is 6.96. The van der Waals surface area contributed by atoms with Gasteiger partial charge in [0.15, 0.2) is 0 Å². The molecule has 0 aliphatic carbocycles. The predicted octanol–water partition coefficient (Wildman–Crippen LogP) is 4.11. The maximum atomic E-state index is 9.02. The molecule has 0 spiro atoms. The number of rotatable bonds is 4. The van der Waals surface area contributed by atoms with Gasteiger partial charge in [-0.15, -0.1) is 0 Å². The first-order valence-electron chi connectivity index (χ1n) is 6.83. The summed E-state index contributed by atoms with van der Waals surface area (Å²) in [5, 5.41) is 10.8. The molecule has 0 unspecified atom stereocenters. The highest BCUT2D eigenvalue weighted by Crippen LogP contribution is 2.29. The van der Waals surface area contributed by atoms with E-state index in [9.17, 15) is 0 Å². The zero-order chi connectivity index (χ0) is 14.7. The maximum Gasteiger partial charge on any atom is 0.133 e. The number of benzene rings is 1. The lowest BCUT2D eigenvalue weighted by molar-refractivity contribution is 0.841. The molecule has 0 fully saturated rings. The Hall–Kier alpha value is -1.79. The van der Waals surface area contributed by atoms with E-state index >= 15 is 0 Å². The van der Waals surface area contributed by atoms with Gasteiger partial charge in [0.1, 0.15) is 5.82 Å². The van der Waals surface area contributed by atoms with E-state index in [0.717, 1.165) is 46.0 Å². The van der Waals surface area contributed by atoms with Crippen LogP contribution in [0.2, 0.25) is 5.02 Å². The molecule has 2 aromatic rings. The average Bonchev–Trinajstić information content (AvgIpc) is 2.45. The lowest BCUT2D eigenvalue weighted by Crippen LogP contribution is -2.24. The second kappa shape index (κ2) is 6.11.